The molecule has 0 aliphatic carbocycles. The van der Waals surface area contributed by atoms with Gasteiger partial charge >= 0.3 is 0 Å². The number of ether oxygens (including phenoxy) is 1. The van der Waals surface area contributed by atoms with E-state index in [1.807, 2.05) is 20.9 Å². The lowest BCUT2D eigenvalue weighted by Crippen LogP contribution is -2.22. The van der Waals surface area contributed by atoms with E-state index in [0.717, 1.165) is 19.4 Å². The summed E-state index contributed by atoms with van der Waals surface area (Å²) in [4.78, 5) is 4.37. The van der Waals surface area contributed by atoms with Crippen molar-refractivity contribution in [2.45, 2.75) is 38.3 Å². The van der Waals surface area contributed by atoms with Crippen LogP contribution in [0, 0.1) is 0 Å². The van der Waals surface area contributed by atoms with Crippen molar-refractivity contribution in [1.82, 2.24) is 15.5 Å². The molecule has 1 saturated heterocycles. The Morgan fingerprint density at radius 1 is 1.53 bits per heavy atom. The van der Waals surface area contributed by atoms with E-state index in [2.05, 4.69) is 15.5 Å². The van der Waals surface area contributed by atoms with Crippen LogP contribution < -0.4 is 5.32 Å². The minimum Gasteiger partial charge on any atom is -0.367 e. The van der Waals surface area contributed by atoms with Crippen molar-refractivity contribution in [3.05, 3.63) is 11.7 Å². The summed E-state index contributed by atoms with van der Waals surface area (Å²) in [5, 5.41) is 7.05. The normalized spacial score (nSPS) is 28.2. The Morgan fingerprint density at radius 3 is 2.93 bits per heavy atom. The van der Waals surface area contributed by atoms with Crippen molar-refractivity contribution in [2.75, 3.05) is 13.7 Å². The monoisotopic (exact) mass is 211 g/mol. The highest BCUT2D eigenvalue weighted by Crippen LogP contribution is 2.33. The van der Waals surface area contributed by atoms with Crippen LogP contribution in [-0.2, 0) is 10.3 Å². The molecule has 1 N–H and O–H groups in total. The summed E-state index contributed by atoms with van der Waals surface area (Å²) in [7, 11) is 1.86. The van der Waals surface area contributed by atoms with Crippen molar-refractivity contribution in [3.8, 4) is 0 Å². The van der Waals surface area contributed by atoms with Gasteiger partial charge in [-0.05, 0) is 33.7 Å². The smallest absolute Gasteiger partial charge is 0.243 e. The molecule has 1 fully saturated rings. The molecule has 0 amide bonds. The molecule has 2 unspecified atom stereocenters. The maximum Gasteiger partial charge on any atom is 0.243 e. The third-order valence-electron chi connectivity index (χ3n) is 2.94. The van der Waals surface area contributed by atoms with Crippen LogP contribution in [0.25, 0.3) is 0 Å². The Labute approximate surface area is 89.2 Å². The molecule has 1 aliphatic rings. The summed E-state index contributed by atoms with van der Waals surface area (Å²) in [5.74, 6) is 1.28. The molecule has 0 radical (unpaired) electrons. The zero-order valence-electron chi connectivity index (χ0n) is 9.41. The zero-order valence-corrected chi connectivity index (χ0v) is 9.41. The molecule has 0 spiro atoms. The lowest BCUT2D eigenvalue weighted by atomic mass is 10.0. The van der Waals surface area contributed by atoms with Gasteiger partial charge in [0.05, 0.1) is 6.04 Å². The van der Waals surface area contributed by atoms with Gasteiger partial charge in [-0.25, -0.2) is 0 Å². The second kappa shape index (κ2) is 3.90. The number of nitrogens with one attached hydrogen (secondary N) is 1. The molecule has 0 saturated carbocycles. The number of hydrogen-bond donors (Lipinski definition) is 1. The van der Waals surface area contributed by atoms with Crippen molar-refractivity contribution < 1.29 is 9.26 Å². The average molecular weight is 211 g/mol. The molecule has 2 heterocycles. The van der Waals surface area contributed by atoms with Gasteiger partial charge in [0.15, 0.2) is 0 Å². The summed E-state index contributed by atoms with van der Waals surface area (Å²) in [6, 6.07) is 0.0799. The van der Waals surface area contributed by atoms with Crippen molar-refractivity contribution >= 4 is 0 Å². The van der Waals surface area contributed by atoms with Gasteiger partial charge < -0.3 is 14.6 Å². The van der Waals surface area contributed by atoms with Crippen LogP contribution in [0.5, 0.6) is 0 Å². The first kappa shape index (κ1) is 10.6. The largest absolute Gasteiger partial charge is 0.367 e. The van der Waals surface area contributed by atoms with Crippen LogP contribution in [0.3, 0.4) is 0 Å². The first-order valence-electron chi connectivity index (χ1n) is 5.31. The van der Waals surface area contributed by atoms with Crippen molar-refractivity contribution in [2.24, 2.45) is 0 Å². The highest BCUT2D eigenvalue weighted by atomic mass is 16.5. The van der Waals surface area contributed by atoms with E-state index in [1.165, 1.54) is 0 Å². The molecule has 1 aromatic rings. The van der Waals surface area contributed by atoms with Crippen LogP contribution in [-0.4, -0.2) is 23.8 Å². The van der Waals surface area contributed by atoms with Crippen LogP contribution >= 0.6 is 0 Å². The highest BCUT2D eigenvalue weighted by Gasteiger charge is 2.36. The molecule has 0 bridgehead atoms. The minimum absolute atomic E-state index is 0.0799. The topological polar surface area (TPSA) is 60.2 Å². The third-order valence-corrected chi connectivity index (χ3v) is 2.94. The summed E-state index contributed by atoms with van der Waals surface area (Å²) >= 11 is 0. The van der Waals surface area contributed by atoms with Crippen LogP contribution in [0.15, 0.2) is 4.52 Å². The first-order chi connectivity index (χ1) is 7.15. The summed E-state index contributed by atoms with van der Waals surface area (Å²) < 4.78 is 10.8. The average Bonchev–Trinajstić information content (AvgIpc) is 2.85. The fourth-order valence-corrected chi connectivity index (χ4v) is 1.70. The molecule has 5 heteroatoms. The Kier molecular flexibility index (Phi) is 2.75. The SMILES string of the molecule is CNC(C)c1nc(C2(C)CCCO2)no1. The van der Waals surface area contributed by atoms with E-state index in [9.17, 15) is 0 Å². The van der Waals surface area contributed by atoms with E-state index in [1.54, 1.807) is 0 Å². The molecule has 15 heavy (non-hydrogen) atoms. The Morgan fingerprint density at radius 2 is 2.33 bits per heavy atom. The van der Waals surface area contributed by atoms with Gasteiger partial charge in [-0.3, -0.25) is 0 Å². The number of nitrogens with zero attached hydrogens (tertiary/aromatic N) is 2. The maximum atomic E-state index is 5.65. The predicted molar refractivity (Wildman–Crippen MR) is 54.3 cm³/mol. The Hall–Kier alpha value is -0.940. The lowest BCUT2D eigenvalue weighted by Gasteiger charge is -2.17. The number of rotatable bonds is 3. The van der Waals surface area contributed by atoms with Gasteiger partial charge in [0.2, 0.25) is 11.7 Å². The second-order valence-electron chi connectivity index (χ2n) is 4.15. The summed E-state index contributed by atoms with van der Waals surface area (Å²) in [6.07, 6.45) is 2.02. The predicted octanol–water partition coefficient (Wildman–Crippen LogP) is 1.38. The van der Waals surface area contributed by atoms with Gasteiger partial charge in [0.1, 0.15) is 5.60 Å². The number of aromatic nitrogens is 2. The Bertz CT molecular complexity index is 331. The third kappa shape index (κ3) is 1.89. The second-order valence-corrected chi connectivity index (χ2v) is 4.15. The zero-order chi connectivity index (χ0) is 10.9. The molecule has 84 valence electrons. The van der Waals surface area contributed by atoms with Crippen LogP contribution in [0.4, 0.5) is 0 Å². The highest BCUT2D eigenvalue weighted by molar-refractivity contribution is 5.02. The molecule has 5 nitrogen and oxygen atoms in total. The van der Waals surface area contributed by atoms with Crippen molar-refractivity contribution in [1.29, 1.82) is 0 Å². The fourth-order valence-electron chi connectivity index (χ4n) is 1.70. The van der Waals surface area contributed by atoms with E-state index in [0.29, 0.717) is 11.7 Å². The first-order valence-corrected chi connectivity index (χ1v) is 5.31. The molecule has 2 atom stereocenters. The molecule has 1 aliphatic heterocycles. The summed E-state index contributed by atoms with van der Waals surface area (Å²) in [6.45, 7) is 4.77. The molecule has 1 aromatic heterocycles. The number of hydrogen-bond acceptors (Lipinski definition) is 5. The summed E-state index contributed by atoms with van der Waals surface area (Å²) in [5.41, 5.74) is -0.352. The quantitative estimate of drug-likeness (QED) is 0.818. The van der Waals surface area contributed by atoms with E-state index in [-0.39, 0.29) is 11.6 Å². The van der Waals surface area contributed by atoms with Gasteiger partial charge in [-0.1, -0.05) is 5.16 Å². The molecule has 0 aromatic carbocycles. The van der Waals surface area contributed by atoms with Gasteiger partial charge in [0, 0.05) is 6.61 Å². The maximum absolute atomic E-state index is 5.65. The van der Waals surface area contributed by atoms with Gasteiger partial charge in [-0.2, -0.15) is 4.98 Å². The standard InChI is InChI=1S/C10H17N3O2/c1-7(11-3)8-12-9(13-15-8)10(2)5-4-6-14-10/h7,11H,4-6H2,1-3H3. The van der Waals surface area contributed by atoms with Crippen molar-refractivity contribution in [3.63, 3.8) is 0 Å². The van der Waals surface area contributed by atoms with Crippen LogP contribution in [0.1, 0.15) is 44.4 Å². The van der Waals surface area contributed by atoms with Crippen LogP contribution in [0.2, 0.25) is 0 Å². The molecule has 2 rings (SSSR count). The van der Waals surface area contributed by atoms with E-state index < -0.39 is 0 Å². The molecular formula is C10H17N3O2. The minimum atomic E-state index is -0.352. The lowest BCUT2D eigenvalue weighted by molar-refractivity contribution is 0.00768. The van der Waals surface area contributed by atoms with Gasteiger partial charge in [0.25, 0.3) is 0 Å². The van der Waals surface area contributed by atoms with Gasteiger partial charge in [-0.15, -0.1) is 0 Å². The molecular weight excluding hydrogens is 194 g/mol. The van der Waals surface area contributed by atoms with E-state index >= 15 is 0 Å². The van der Waals surface area contributed by atoms with E-state index in [4.69, 9.17) is 9.26 Å². The fraction of sp³-hybridized carbons (Fsp3) is 0.800. The Balaban J connectivity index is 2.19.